The minimum atomic E-state index is -0.160. The Balaban J connectivity index is 1.59. The van der Waals surface area contributed by atoms with Crippen molar-refractivity contribution in [2.75, 3.05) is 18.4 Å². The summed E-state index contributed by atoms with van der Waals surface area (Å²) in [7, 11) is 0. The summed E-state index contributed by atoms with van der Waals surface area (Å²) in [6.07, 6.45) is 3.39. The third-order valence-electron chi connectivity index (χ3n) is 4.96. The molecule has 0 bridgehead atoms. The van der Waals surface area contributed by atoms with E-state index in [1.807, 2.05) is 66.4 Å². The van der Waals surface area contributed by atoms with Gasteiger partial charge in [-0.25, -0.2) is 0 Å². The SMILES string of the molecule is CCC(C(=O)Nc1ccc(CC(=O)N2CCCC2)cc1)c1ccccc1. The van der Waals surface area contributed by atoms with Gasteiger partial charge in [0, 0.05) is 18.8 Å². The average Bonchev–Trinajstić information content (AvgIpc) is 3.20. The second-order valence-electron chi connectivity index (χ2n) is 6.82. The van der Waals surface area contributed by atoms with E-state index in [2.05, 4.69) is 5.32 Å². The number of carbonyl (C=O) groups excluding carboxylic acids is 2. The molecule has 2 aromatic carbocycles. The molecule has 1 heterocycles. The summed E-state index contributed by atoms with van der Waals surface area (Å²) in [6.45, 7) is 3.78. The van der Waals surface area contributed by atoms with Crippen LogP contribution < -0.4 is 5.32 Å². The molecule has 136 valence electrons. The Kier molecular flexibility index (Phi) is 6.05. The first-order chi connectivity index (χ1) is 12.7. The van der Waals surface area contributed by atoms with Crippen LogP contribution in [-0.2, 0) is 16.0 Å². The van der Waals surface area contributed by atoms with Gasteiger partial charge in [0.15, 0.2) is 0 Å². The summed E-state index contributed by atoms with van der Waals surface area (Å²) in [5, 5.41) is 2.99. The number of benzene rings is 2. The number of amides is 2. The predicted octanol–water partition coefficient (Wildman–Crippen LogP) is 3.98. The zero-order chi connectivity index (χ0) is 18.4. The highest BCUT2D eigenvalue weighted by Crippen LogP contribution is 2.22. The lowest BCUT2D eigenvalue weighted by Gasteiger charge is -2.16. The highest BCUT2D eigenvalue weighted by molar-refractivity contribution is 5.95. The van der Waals surface area contributed by atoms with E-state index in [4.69, 9.17) is 0 Å². The molecule has 1 aliphatic rings. The largest absolute Gasteiger partial charge is 0.342 e. The van der Waals surface area contributed by atoms with Gasteiger partial charge in [0.25, 0.3) is 0 Å². The van der Waals surface area contributed by atoms with Crippen LogP contribution in [0, 0.1) is 0 Å². The maximum absolute atomic E-state index is 12.6. The second-order valence-corrected chi connectivity index (χ2v) is 6.82. The van der Waals surface area contributed by atoms with E-state index in [-0.39, 0.29) is 17.7 Å². The van der Waals surface area contributed by atoms with Crippen LogP contribution in [0.25, 0.3) is 0 Å². The first-order valence-corrected chi connectivity index (χ1v) is 9.40. The molecular formula is C22H26N2O2. The summed E-state index contributed by atoms with van der Waals surface area (Å²) in [4.78, 5) is 26.8. The van der Waals surface area contributed by atoms with Crippen molar-refractivity contribution in [2.45, 2.75) is 38.5 Å². The number of nitrogens with zero attached hydrogens (tertiary/aromatic N) is 1. The van der Waals surface area contributed by atoms with Crippen LogP contribution in [0.5, 0.6) is 0 Å². The van der Waals surface area contributed by atoms with Crippen molar-refractivity contribution in [3.8, 4) is 0 Å². The number of hydrogen-bond acceptors (Lipinski definition) is 2. The van der Waals surface area contributed by atoms with Crippen molar-refractivity contribution in [1.82, 2.24) is 4.90 Å². The standard InChI is InChI=1S/C22H26N2O2/c1-2-20(18-8-4-3-5-9-18)22(26)23-19-12-10-17(11-13-19)16-21(25)24-14-6-7-15-24/h3-5,8-13,20H,2,6-7,14-16H2,1H3,(H,23,26). The van der Waals surface area contributed by atoms with E-state index in [1.54, 1.807) is 0 Å². The van der Waals surface area contributed by atoms with Gasteiger partial charge < -0.3 is 10.2 Å². The summed E-state index contributed by atoms with van der Waals surface area (Å²) in [5.41, 5.74) is 2.78. The molecule has 1 N–H and O–H groups in total. The van der Waals surface area contributed by atoms with Crippen LogP contribution in [0.1, 0.15) is 43.2 Å². The zero-order valence-electron chi connectivity index (χ0n) is 15.3. The molecule has 3 rings (SSSR count). The lowest BCUT2D eigenvalue weighted by atomic mass is 9.95. The number of hydrogen-bond donors (Lipinski definition) is 1. The maximum atomic E-state index is 12.6. The van der Waals surface area contributed by atoms with Crippen LogP contribution in [0.2, 0.25) is 0 Å². The fourth-order valence-corrected chi connectivity index (χ4v) is 3.45. The quantitative estimate of drug-likeness (QED) is 0.856. The second kappa shape index (κ2) is 8.65. The van der Waals surface area contributed by atoms with E-state index >= 15 is 0 Å². The molecule has 0 radical (unpaired) electrons. The molecule has 1 fully saturated rings. The van der Waals surface area contributed by atoms with Crippen LogP contribution in [0.4, 0.5) is 5.69 Å². The normalized spacial score (nSPS) is 14.9. The molecule has 2 aromatic rings. The Morgan fingerprint density at radius 1 is 1.00 bits per heavy atom. The molecule has 4 nitrogen and oxygen atoms in total. The zero-order valence-corrected chi connectivity index (χ0v) is 15.3. The molecule has 4 heteroatoms. The van der Waals surface area contributed by atoms with Crippen LogP contribution >= 0.6 is 0 Å². The lowest BCUT2D eigenvalue weighted by molar-refractivity contribution is -0.129. The van der Waals surface area contributed by atoms with Crippen molar-refractivity contribution >= 4 is 17.5 Å². The fraction of sp³-hybridized carbons (Fsp3) is 0.364. The Bertz CT molecular complexity index is 734. The van der Waals surface area contributed by atoms with Gasteiger partial charge in [-0.05, 0) is 42.5 Å². The van der Waals surface area contributed by atoms with E-state index in [0.717, 1.165) is 49.2 Å². The van der Waals surface area contributed by atoms with Gasteiger partial charge in [0.2, 0.25) is 11.8 Å². The fourth-order valence-electron chi connectivity index (χ4n) is 3.45. The molecule has 1 aliphatic heterocycles. The topological polar surface area (TPSA) is 49.4 Å². The van der Waals surface area contributed by atoms with E-state index in [0.29, 0.717) is 6.42 Å². The summed E-state index contributed by atoms with van der Waals surface area (Å²) >= 11 is 0. The van der Waals surface area contributed by atoms with Gasteiger partial charge in [-0.15, -0.1) is 0 Å². The van der Waals surface area contributed by atoms with Gasteiger partial charge >= 0.3 is 0 Å². The molecular weight excluding hydrogens is 324 g/mol. The summed E-state index contributed by atoms with van der Waals surface area (Å²) in [5.74, 6) is 0.0293. The number of carbonyl (C=O) groups is 2. The minimum Gasteiger partial charge on any atom is -0.342 e. The van der Waals surface area contributed by atoms with Gasteiger partial charge in [-0.1, -0.05) is 49.4 Å². The average molecular weight is 350 g/mol. The number of nitrogens with one attached hydrogen (secondary N) is 1. The lowest BCUT2D eigenvalue weighted by Crippen LogP contribution is -2.29. The van der Waals surface area contributed by atoms with Crippen molar-refractivity contribution in [1.29, 1.82) is 0 Å². The highest BCUT2D eigenvalue weighted by Gasteiger charge is 2.19. The van der Waals surface area contributed by atoms with Gasteiger partial charge in [-0.2, -0.15) is 0 Å². The molecule has 1 atom stereocenters. The van der Waals surface area contributed by atoms with Crippen LogP contribution in [-0.4, -0.2) is 29.8 Å². The first-order valence-electron chi connectivity index (χ1n) is 9.40. The predicted molar refractivity (Wildman–Crippen MR) is 104 cm³/mol. The highest BCUT2D eigenvalue weighted by atomic mass is 16.2. The molecule has 0 aromatic heterocycles. The molecule has 2 amide bonds. The van der Waals surface area contributed by atoms with Crippen LogP contribution in [0.15, 0.2) is 54.6 Å². The Morgan fingerprint density at radius 2 is 1.65 bits per heavy atom. The van der Waals surface area contributed by atoms with Crippen molar-refractivity contribution < 1.29 is 9.59 Å². The molecule has 0 spiro atoms. The molecule has 1 saturated heterocycles. The Labute approximate surface area is 155 Å². The van der Waals surface area contributed by atoms with Crippen molar-refractivity contribution in [3.63, 3.8) is 0 Å². The van der Waals surface area contributed by atoms with Gasteiger partial charge in [0.1, 0.15) is 0 Å². The third kappa shape index (κ3) is 4.51. The Hall–Kier alpha value is -2.62. The van der Waals surface area contributed by atoms with E-state index in [1.165, 1.54) is 0 Å². The van der Waals surface area contributed by atoms with E-state index < -0.39 is 0 Å². The van der Waals surface area contributed by atoms with Crippen molar-refractivity contribution in [3.05, 3.63) is 65.7 Å². The van der Waals surface area contributed by atoms with E-state index in [9.17, 15) is 9.59 Å². The van der Waals surface area contributed by atoms with Gasteiger partial charge in [0.05, 0.1) is 12.3 Å². The smallest absolute Gasteiger partial charge is 0.231 e. The molecule has 0 aliphatic carbocycles. The summed E-state index contributed by atoms with van der Waals surface area (Å²) < 4.78 is 0. The number of likely N-dealkylation sites (tertiary alicyclic amines) is 1. The molecule has 0 saturated carbocycles. The maximum Gasteiger partial charge on any atom is 0.231 e. The van der Waals surface area contributed by atoms with Crippen LogP contribution in [0.3, 0.4) is 0 Å². The third-order valence-corrected chi connectivity index (χ3v) is 4.96. The number of rotatable bonds is 6. The monoisotopic (exact) mass is 350 g/mol. The molecule has 1 unspecified atom stereocenters. The molecule has 26 heavy (non-hydrogen) atoms. The van der Waals surface area contributed by atoms with Crippen molar-refractivity contribution in [2.24, 2.45) is 0 Å². The van der Waals surface area contributed by atoms with Gasteiger partial charge in [-0.3, -0.25) is 9.59 Å². The first kappa shape index (κ1) is 18.2. The Morgan fingerprint density at radius 3 is 2.27 bits per heavy atom. The number of anilines is 1. The minimum absolute atomic E-state index is 0.000377. The summed E-state index contributed by atoms with van der Waals surface area (Å²) in [6, 6.07) is 17.4.